The molecule has 1 atom stereocenters. The molecule has 2 aromatic carbocycles. The summed E-state index contributed by atoms with van der Waals surface area (Å²) in [6, 6.07) is 11.8. The molecule has 2 aromatic rings. The molecule has 21 heavy (non-hydrogen) atoms. The van der Waals surface area contributed by atoms with E-state index >= 15 is 0 Å². The Morgan fingerprint density at radius 3 is 2.29 bits per heavy atom. The number of aryl methyl sites for hydroxylation is 1. The van der Waals surface area contributed by atoms with E-state index in [4.69, 9.17) is 21.1 Å². The van der Waals surface area contributed by atoms with Gasteiger partial charge < -0.3 is 14.8 Å². The van der Waals surface area contributed by atoms with Gasteiger partial charge in [0.2, 0.25) is 0 Å². The van der Waals surface area contributed by atoms with Crippen molar-refractivity contribution in [3.05, 3.63) is 52.5 Å². The topological polar surface area (TPSA) is 30.5 Å². The first-order chi connectivity index (χ1) is 10.1. The quantitative estimate of drug-likeness (QED) is 0.857. The van der Waals surface area contributed by atoms with Crippen LogP contribution in [0.5, 0.6) is 11.5 Å². The van der Waals surface area contributed by atoms with Crippen molar-refractivity contribution in [2.24, 2.45) is 0 Å². The fourth-order valence-electron chi connectivity index (χ4n) is 2.27. The van der Waals surface area contributed by atoms with Crippen LogP contribution in [-0.2, 0) is 0 Å². The van der Waals surface area contributed by atoms with Crippen LogP contribution < -0.4 is 14.8 Å². The molecule has 0 heterocycles. The first kappa shape index (κ1) is 15.5. The van der Waals surface area contributed by atoms with E-state index in [-0.39, 0.29) is 6.04 Å². The van der Waals surface area contributed by atoms with Crippen molar-refractivity contribution in [3.63, 3.8) is 0 Å². The monoisotopic (exact) mass is 305 g/mol. The molecule has 0 amide bonds. The Bertz CT molecular complexity index is 628. The summed E-state index contributed by atoms with van der Waals surface area (Å²) in [5.74, 6) is 1.43. The SMILES string of the molecule is COc1cc(C)c(NC(C)c2ccccc2Cl)cc1OC. The van der Waals surface area contributed by atoms with Crippen molar-refractivity contribution in [2.45, 2.75) is 19.9 Å². The van der Waals surface area contributed by atoms with Crippen LogP contribution in [-0.4, -0.2) is 14.2 Å². The standard InChI is InChI=1S/C17H20ClNO2/c1-11-9-16(20-3)17(21-4)10-15(11)19-12(2)13-7-5-6-8-14(13)18/h5-10,12,19H,1-4H3. The van der Waals surface area contributed by atoms with Gasteiger partial charge in [-0.3, -0.25) is 0 Å². The van der Waals surface area contributed by atoms with E-state index < -0.39 is 0 Å². The summed E-state index contributed by atoms with van der Waals surface area (Å²) in [5.41, 5.74) is 3.15. The van der Waals surface area contributed by atoms with Crippen molar-refractivity contribution >= 4 is 17.3 Å². The van der Waals surface area contributed by atoms with E-state index in [0.29, 0.717) is 5.75 Å². The molecule has 0 saturated carbocycles. The van der Waals surface area contributed by atoms with Crippen LogP contribution in [0.4, 0.5) is 5.69 Å². The molecular weight excluding hydrogens is 286 g/mol. The number of anilines is 1. The Labute approximate surface area is 130 Å². The third kappa shape index (κ3) is 3.42. The number of ether oxygens (including phenoxy) is 2. The van der Waals surface area contributed by atoms with Gasteiger partial charge in [0, 0.05) is 16.8 Å². The maximum atomic E-state index is 6.25. The van der Waals surface area contributed by atoms with Gasteiger partial charge in [0.15, 0.2) is 11.5 Å². The largest absolute Gasteiger partial charge is 0.493 e. The van der Waals surface area contributed by atoms with E-state index in [1.54, 1.807) is 14.2 Å². The van der Waals surface area contributed by atoms with Gasteiger partial charge in [-0.1, -0.05) is 29.8 Å². The third-order valence-corrected chi connectivity index (χ3v) is 3.82. The summed E-state index contributed by atoms with van der Waals surface area (Å²) in [6.07, 6.45) is 0. The van der Waals surface area contributed by atoms with Crippen LogP contribution in [0.15, 0.2) is 36.4 Å². The van der Waals surface area contributed by atoms with Crippen LogP contribution in [0.3, 0.4) is 0 Å². The fourth-order valence-corrected chi connectivity index (χ4v) is 2.57. The van der Waals surface area contributed by atoms with Crippen molar-refractivity contribution in [2.75, 3.05) is 19.5 Å². The van der Waals surface area contributed by atoms with Gasteiger partial charge in [-0.2, -0.15) is 0 Å². The predicted molar refractivity (Wildman–Crippen MR) is 87.8 cm³/mol. The molecule has 0 spiro atoms. The minimum absolute atomic E-state index is 0.0931. The molecule has 0 fully saturated rings. The molecule has 3 nitrogen and oxygen atoms in total. The van der Waals surface area contributed by atoms with Gasteiger partial charge in [-0.25, -0.2) is 0 Å². The zero-order valence-electron chi connectivity index (χ0n) is 12.7. The van der Waals surface area contributed by atoms with E-state index in [2.05, 4.69) is 12.2 Å². The molecule has 0 radical (unpaired) electrons. The Kier molecular flexibility index (Phi) is 4.97. The summed E-state index contributed by atoms with van der Waals surface area (Å²) in [6.45, 7) is 4.11. The summed E-state index contributed by atoms with van der Waals surface area (Å²) >= 11 is 6.25. The lowest BCUT2D eigenvalue weighted by atomic mass is 10.1. The highest BCUT2D eigenvalue weighted by Crippen LogP contribution is 2.35. The lowest BCUT2D eigenvalue weighted by molar-refractivity contribution is 0.355. The summed E-state index contributed by atoms with van der Waals surface area (Å²) in [5, 5.41) is 4.23. The average molecular weight is 306 g/mol. The van der Waals surface area contributed by atoms with Crippen molar-refractivity contribution in [3.8, 4) is 11.5 Å². The lowest BCUT2D eigenvalue weighted by Gasteiger charge is -2.20. The molecule has 0 bridgehead atoms. The number of hydrogen-bond acceptors (Lipinski definition) is 3. The Morgan fingerprint density at radius 1 is 1.05 bits per heavy atom. The zero-order valence-corrected chi connectivity index (χ0v) is 13.5. The normalized spacial score (nSPS) is 11.9. The van der Waals surface area contributed by atoms with Crippen molar-refractivity contribution in [1.29, 1.82) is 0 Å². The van der Waals surface area contributed by atoms with E-state index in [1.807, 2.05) is 43.3 Å². The van der Waals surface area contributed by atoms with Gasteiger partial charge in [-0.15, -0.1) is 0 Å². The van der Waals surface area contributed by atoms with E-state index in [0.717, 1.165) is 27.6 Å². The second-order valence-corrected chi connectivity index (χ2v) is 5.32. The summed E-state index contributed by atoms with van der Waals surface area (Å²) in [7, 11) is 3.27. The molecule has 2 rings (SSSR count). The molecule has 0 aliphatic rings. The van der Waals surface area contributed by atoms with Crippen LogP contribution in [0.2, 0.25) is 5.02 Å². The van der Waals surface area contributed by atoms with Gasteiger partial charge >= 0.3 is 0 Å². The van der Waals surface area contributed by atoms with Crippen molar-refractivity contribution in [1.82, 2.24) is 0 Å². The van der Waals surface area contributed by atoms with E-state index in [1.165, 1.54) is 0 Å². The smallest absolute Gasteiger partial charge is 0.162 e. The highest BCUT2D eigenvalue weighted by Gasteiger charge is 2.13. The van der Waals surface area contributed by atoms with Crippen LogP contribution in [0.1, 0.15) is 24.1 Å². The molecule has 0 aromatic heterocycles. The van der Waals surface area contributed by atoms with Crippen molar-refractivity contribution < 1.29 is 9.47 Å². The second kappa shape index (κ2) is 6.72. The van der Waals surface area contributed by atoms with Gasteiger partial charge in [0.05, 0.1) is 20.3 Å². The second-order valence-electron chi connectivity index (χ2n) is 4.91. The minimum Gasteiger partial charge on any atom is -0.493 e. The first-order valence-electron chi connectivity index (χ1n) is 6.80. The Morgan fingerprint density at radius 2 is 1.67 bits per heavy atom. The fraction of sp³-hybridized carbons (Fsp3) is 0.294. The number of halogens is 1. The Hall–Kier alpha value is -1.87. The number of nitrogens with one attached hydrogen (secondary N) is 1. The van der Waals surface area contributed by atoms with Crippen LogP contribution in [0, 0.1) is 6.92 Å². The minimum atomic E-state index is 0.0931. The molecule has 0 aliphatic carbocycles. The molecule has 4 heteroatoms. The van der Waals surface area contributed by atoms with Crippen LogP contribution >= 0.6 is 11.6 Å². The maximum absolute atomic E-state index is 6.25. The molecule has 1 N–H and O–H groups in total. The van der Waals surface area contributed by atoms with Gasteiger partial charge in [-0.05, 0) is 37.1 Å². The number of methoxy groups -OCH3 is 2. The van der Waals surface area contributed by atoms with Gasteiger partial charge in [0.25, 0.3) is 0 Å². The third-order valence-electron chi connectivity index (χ3n) is 3.47. The summed E-state index contributed by atoms with van der Waals surface area (Å²) in [4.78, 5) is 0. The molecule has 0 saturated heterocycles. The molecule has 1 unspecified atom stereocenters. The molecular formula is C17H20ClNO2. The maximum Gasteiger partial charge on any atom is 0.162 e. The number of hydrogen-bond donors (Lipinski definition) is 1. The number of benzene rings is 2. The molecule has 112 valence electrons. The first-order valence-corrected chi connectivity index (χ1v) is 7.18. The average Bonchev–Trinajstić information content (AvgIpc) is 2.49. The lowest BCUT2D eigenvalue weighted by Crippen LogP contribution is -2.08. The predicted octanol–water partition coefficient (Wildman–Crippen LogP) is 4.84. The number of rotatable bonds is 5. The van der Waals surface area contributed by atoms with Gasteiger partial charge in [0.1, 0.15) is 0 Å². The Balaban J connectivity index is 2.29. The summed E-state index contributed by atoms with van der Waals surface area (Å²) < 4.78 is 10.7. The van der Waals surface area contributed by atoms with E-state index in [9.17, 15) is 0 Å². The highest BCUT2D eigenvalue weighted by atomic mass is 35.5. The van der Waals surface area contributed by atoms with Crippen LogP contribution in [0.25, 0.3) is 0 Å². The highest BCUT2D eigenvalue weighted by molar-refractivity contribution is 6.31. The molecule has 0 aliphatic heterocycles. The zero-order chi connectivity index (χ0) is 15.4.